The van der Waals surface area contributed by atoms with E-state index in [4.69, 9.17) is 34.2 Å². The molecule has 0 aliphatic carbocycles. The number of hydrogen-bond acceptors (Lipinski definition) is 3. The standard InChI is InChI=1S/C14H7Cl2FN4/c15-8-4-11-13(5-9(8)16)21(14(19)20-11)12-2-1-7(6-18)3-10(12)17/h1-5H,(H2,19,20). The van der Waals surface area contributed by atoms with Crippen molar-refractivity contribution in [3.05, 3.63) is 51.8 Å². The van der Waals surface area contributed by atoms with E-state index >= 15 is 0 Å². The van der Waals surface area contributed by atoms with Gasteiger partial charge in [-0.2, -0.15) is 5.26 Å². The van der Waals surface area contributed by atoms with Crippen LogP contribution in [0.3, 0.4) is 0 Å². The highest BCUT2D eigenvalue weighted by atomic mass is 35.5. The topological polar surface area (TPSA) is 67.6 Å². The number of hydrogen-bond donors (Lipinski definition) is 1. The molecule has 7 heteroatoms. The molecule has 0 bridgehead atoms. The highest BCUT2D eigenvalue weighted by Crippen LogP contribution is 2.31. The van der Waals surface area contributed by atoms with Gasteiger partial charge in [0.05, 0.1) is 38.4 Å². The molecule has 21 heavy (non-hydrogen) atoms. The first-order valence-electron chi connectivity index (χ1n) is 5.84. The number of rotatable bonds is 1. The first kappa shape index (κ1) is 13.7. The Kier molecular flexibility index (Phi) is 3.20. The van der Waals surface area contributed by atoms with Crippen LogP contribution in [0.25, 0.3) is 16.7 Å². The normalized spacial score (nSPS) is 10.8. The lowest BCUT2D eigenvalue weighted by Crippen LogP contribution is -2.03. The van der Waals surface area contributed by atoms with Crippen LogP contribution in [-0.2, 0) is 0 Å². The van der Waals surface area contributed by atoms with Crippen LogP contribution in [0.2, 0.25) is 10.0 Å². The third-order valence-electron chi connectivity index (χ3n) is 3.04. The van der Waals surface area contributed by atoms with Gasteiger partial charge < -0.3 is 5.73 Å². The summed E-state index contributed by atoms with van der Waals surface area (Å²) in [7, 11) is 0. The molecule has 0 unspecified atom stereocenters. The quantitative estimate of drug-likeness (QED) is 0.738. The molecule has 0 amide bonds. The van der Waals surface area contributed by atoms with E-state index in [1.54, 1.807) is 12.1 Å². The van der Waals surface area contributed by atoms with Crippen molar-refractivity contribution in [3.8, 4) is 11.8 Å². The Hall–Kier alpha value is -2.29. The summed E-state index contributed by atoms with van der Waals surface area (Å²) >= 11 is 11.9. The largest absolute Gasteiger partial charge is 0.369 e. The van der Waals surface area contributed by atoms with Gasteiger partial charge in [-0.25, -0.2) is 9.37 Å². The van der Waals surface area contributed by atoms with Crippen molar-refractivity contribution in [2.24, 2.45) is 0 Å². The van der Waals surface area contributed by atoms with Crippen molar-refractivity contribution in [2.75, 3.05) is 5.73 Å². The molecular weight excluding hydrogens is 314 g/mol. The summed E-state index contributed by atoms with van der Waals surface area (Å²) in [6, 6.07) is 9.11. The average molecular weight is 321 g/mol. The number of nitrogens with zero attached hydrogens (tertiary/aromatic N) is 3. The SMILES string of the molecule is N#Cc1ccc(-n2c(N)nc3cc(Cl)c(Cl)cc32)c(F)c1. The van der Waals surface area contributed by atoms with Gasteiger partial charge in [0.2, 0.25) is 5.95 Å². The van der Waals surface area contributed by atoms with Gasteiger partial charge in [-0.15, -0.1) is 0 Å². The van der Waals surface area contributed by atoms with Crippen molar-refractivity contribution in [1.29, 1.82) is 5.26 Å². The van der Waals surface area contributed by atoms with E-state index < -0.39 is 5.82 Å². The van der Waals surface area contributed by atoms with Gasteiger partial charge in [-0.3, -0.25) is 4.57 Å². The number of anilines is 1. The highest BCUT2D eigenvalue weighted by molar-refractivity contribution is 6.42. The van der Waals surface area contributed by atoms with Crippen LogP contribution in [0.4, 0.5) is 10.3 Å². The number of aromatic nitrogens is 2. The van der Waals surface area contributed by atoms with Crippen LogP contribution >= 0.6 is 23.2 Å². The average Bonchev–Trinajstić information content (AvgIpc) is 2.75. The van der Waals surface area contributed by atoms with E-state index in [2.05, 4.69) is 4.98 Å². The van der Waals surface area contributed by atoms with Crippen molar-refractivity contribution in [3.63, 3.8) is 0 Å². The summed E-state index contributed by atoms with van der Waals surface area (Å²) in [6.45, 7) is 0. The maximum absolute atomic E-state index is 14.2. The van der Waals surface area contributed by atoms with E-state index in [0.29, 0.717) is 21.1 Å². The minimum absolute atomic E-state index is 0.104. The molecule has 0 saturated heterocycles. The minimum atomic E-state index is -0.578. The summed E-state index contributed by atoms with van der Waals surface area (Å²) < 4.78 is 15.6. The maximum atomic E-state index is 14.2. The summed E-state index contributed by atoms with van der Waals surface area (Å²) in [5.74, 6) is -0.474. The first-order chi connectivity index (χ1) is 10.0. The molecule has 2 N–H and O–H groups in total. The zero-order valence-corrected chi connectivity index (χ0v) is 12.0. The molecule has 104 valence electrons. The lowest BCUT2D eigenvalue weighted by Gasteiger charge is -2.08. The van der Waals surface area contributed by atoms with E-state index in [1.165, 1.54) is 16.7 Å². The number of nitrogen functional groups attached to an aromatic ring is 1. The molecule has 3 aromatic rings. The van der Waals surface area contributed by atoms with Gasteiger partial charge in [-0.05, 0) is 30.3 Å². The van der Waals surface area contributed by atoms with Gasteiger partial charge in [0.15, 0.2) is 0 Å². The summed E-state index contributed by atoms with van der Waals surface area (Å²) in [5.41, 5.74) is 7.31. The predicted octanol–water partition coefficient (Wildman–Crippen LogP) is 3.93. The van der Waals surface area contributed by atoms with E-state index in [0.717, 1.165) is 6.07 Å². The van der Waals surface area contributed by atoms with Crippen LogP contribution in [0.5, 0.6) is 0 Å². The van der Waals surface area contributed by atoms with Crippen molar-refractivity contribution < 1.29 is 4.39 Å². The molecule has 1 heterocycles. The highest BCUT2D eigenvalue weighted by Gasteiger charge is 2.15. The summed E-state index contributed by atoms with van der Waals surface area (Å²) in [5, 5.41) is 9.44. The van der Waals surface area contributed by atoms with Gasteiger partial charge in [0.25, 0.3) is 0 Å². The van der Waals surface area contributed by atoms with Crippen LogP contribution in [0.15, 0.2) is 30.3 Å². The zero-order chi connectivity index (χ0) is 15.1. The van der Waals surface area contributed by atoms with Gasteiger partial charge >= 0.3 is 0 Å². The van der Waals surface area contributed by atoms with Gasteiger partial charge in [0, 0.05) is 0 Å². The molecule has 2 aromatic carbocycles. The Labute approximate surface area is 129 Å². The molecule has 0 atom stereocenters. The van der Waals surface area contributed by atoms with E-state index in [9.17, 15) is 4.39 Å². The fraction of sp³-hybridized carbons (Fsp3) is 0. The number of nitrogens with two attached hydrogens (primary N) is 1. The third kappa shape index (κ3) is 2.19. The van der Waals surface area contributed by atoms with E-state index in [1.807, 2.05) is 6.07 Å². The lowest BCUT2D eigenvalue weighted by molar-refractivity contribution is 0.619. The summed E-state index contributed by atoms with van der Waals surface area (Å²) in [6.07, 6.45) is 0. The molecule has 0 radical (unpaired) electrons. The molecule has 3 rings (SSSR count). The second kappa shape index (κ2) is 4.92. The molecule has 4 nitrogen and oxygen atoms in total. The molecular formula is C14H7Cl2FN4. The van der Waals surface area contributed by atoms with Crippen LogP contribution < -0.4 is 5.73 Å². The Balaban J connectivity index is 2.32. The minimum Gasteiger partial charge on any atom is -0.369 e. The Morgan fingerprint density at radius 3 is 2.57 bits per heavy atom. The number of fused-ring (bicyclic) bond motifs is 1. The molecule has 0 spiro atoms. The number of imidazole rings is 1. The molecule has 0 aliphatic heterocycles. The zero-order valence-electron chi connectivity index (χ0n) is 10.4. The molecule has 0 fully saturated rings. The Morgan fingerprint density at radius 2 is 1.90 bits per heavy atom. The molecule has 1 aromatic heterocycles. The fourth-order valence-corrected chi connectivity index (χ4v) is 2.42. The lowest BCUT2D eigenvalue weighted by atomic mass is 10.2. The first-order valence-corrected chi connectivity index (χ1v) is 6.60. The van der Waals surface area contributed by atoms with E-state index in [-0.39, 0.29) is 17.2 Å². The second-order valence-electron chi connectivity index (χ2n) is 4.34. The molecule has 0 saturated carbocycles. The van der Waals surface area contributed by atoms with Crippen molar-refractivity contribution in [2.45, 2.75) is 0 Å². The number of nitriles is 1. The van der Waals surface area contributed by atoms with Crippen molar-refractivity contribution in [1.82, 2.24) is 9.55 Å². The second-order valence-corrected chi connectivity index (χ2v) is 5.15. The number of benzene rings is 2. The Bertz CT molecular complexity index is 911. The van der Waals surface area contributed by atoms with Crippen LogP contribution in [0.1, 0.15) is 5.56 Å². The van der Waals surface area contributed by atoms with Crippen LogP contribution in [0, 0.1) is 17.1 Å². The van der Waals surface area contributed by atoms with Crippen molar-refractivity contribution >= 4 is 40.2 Å². The van der Waals surface area contributed by atoms with Gasteiger partial charge in [0.1, 0.15) is 5.82 Å². The number of halogens is 3. The monoisotopic (exact) mass is 320 g/mol. The summed E-state index contributed by atoms with van der Waals surface area (Å²) in [4.78, 5) is 4.14. The Morgan fingerprint density at radius 1 is 1.19 bits per heavy atom. The smallest absolute Gasteiger partial charge is 0.206 e. The van der Waals surface area contributed by atoms with Gasteiger partial charge in [-0.1, -0.05) is 23.2 Å². The van der Waals surface area contributed by atoms with Crippen LogP contribution in [-0.4, -0.2) is 9.55 Å². The predicted molar refractivity (Wildman–Crippen MR) is 80.2 cm³/mol. The third-order valence-corrected chi connectivity index (χ3v) is 3.76. The maximum Gasteiger partial charge on any atom is 0.206 e. The fourth-order valence-electron chi connectivity index (χ4n) is 2.10. The molecule has 0 aliphatic rings.